The van der Waals surface area contributed by atoms with E-state index >= 15 is 0 Å². The van der Waals surface area contributed by atoms with Crippen LogP contribution in [-0.2, 0) is 14.3 Å². The van der Waals surface area contributed by atoms with Crippen LogP contribution in [0.1, 0.15) is 25.0 Å². The van der Waals surface area contributed by atoms with Gasteiger partial charge in [-0.2, -0.15) is 0 Å². The third kappa shape index (κ3) is 2.74. The number of esters is 1. The Morgan fingerprint density at radius 1 is 1.53 bits per heavy atom. The van der Waals surface area contributed by atoms with Crippen LogP contribution < -0.4 is 0 Å². The molecule has 0 spiro atoms. The van der Waals surface area contributed by atoms with E-state index in [9.17, 15) is 4.79 Å². The minimum atomic E-state index is -0.399. The van der Waals surface area contributed by atoms with Crippen molar-refractivity contribution in [1.29, 1.82) is 0 Å². The zero-order chi connectivity index (χ0) is 12.3. The van der Waals surface area contributed by atoms with E-state index in [1.807, 2.05) is 37.3 Å². The first-order valence-electron chi connectivity index (χ1n) is 5.74. The fourth-order valence-corrected chi connectivity index (χ4v) is 1.90. The van der Waals surface area contributed by atoms with Gasteiger partial charge in [0.15, 0.2) is 0 Å². The molecule has 0 bridgehead atoms. The first-order chi connectivity index (χ1) is 8.20. The van der Waals surface area contributed by atoms with Crippen LogP contribution in [0.5, 0.6) is 0 Å². The fraction of sp³-hybridized carbons (Fsp3) is 0.357. The highest BCUT2D eigenvalue weighted by Gasteiger charge is 2.36. The van der Waals surface area contributed by atoms with Crippen molar-refractivity contribution in [3.63, 3.8) is 0 Å². The lowest BCUT2D eigenvalue weighted by molar-refractivity contribution is -0.188. The summed E-state index contributed by atoms with van der Waals surface area (Å²) in [4.78, 5) is 11.0. The smallest absolute Gasteiger partial charge is 0.330 e. The fourth-order valence-electron chi connectivity index (χ4n) is 1.90. The third-order valence-electron chi connectivity index (χ3n) is 2.95. The first kappa shape index (κ1) is 11.9. The lowest BCUT2D eigenvalue weighted by Gasteiger charge is -2.39. The van der Waals surface area contributed by atoms with Crippen LogP contribution in [0.2, 0.25) is 0 Å². The van der Waals surface area contributed by atoms with Gasteiger partial charge in [-0.25, -0.2) is 4.79 Å². The van der Waals surface area contributed by atoms with Crippen molar-refractivity contribution >= 4 is 5.97 Å². The summed E-state index contributed by atoms with van der Waals surface area (Å²) in [6.07, 6.45) is 1.95. The lowest BCUT2D eigenvalue weighted by Crippen LogP contribution is -2.41. The molecule has 0 saturated carbocycles. The SMILES string of the molecule is C=CC(=O)OC(C)C1CC(c2ccccc2)O1. The molecular formula is C14H16O3. The van der Waals surface area contributed by atoms with E-state index in [0.29, 0.717) is 0 Å². The van der Waals surface area contributed by atoms with Gasteiger partial charge in [0.2, 0.25) is 0 Å². The van der Waals surface area contributed by atoms with Gasteiger partial charge in [-0.15, -0.1) is 0 Å². The highest BCUT2D eigenvalue weighted by molar-refractivity contribution is 5.81. The van der Waals surface area contributed by atoms with Crippen LogP contribution in [0, 0.1) is 0 Å². The molecule has 0 aliphatic carbocycles. The number of rotatable bonds is 4. The number of hydrogen-bond acceptors (Lipinski definition) is 3. The molecule has 1 aromatic carbocycles. The third-order valence-corrected chi connectivity index (χ3v) is 2.95. The topological polar surface area (TPSA) is 35.5 Å². The Kier molecular flexibility index (Phi) is 3.59. The number of hydrogen-bond donors (Lipinski definition) is 0. The molecule has 3 atom stereocenters. The van der Waals surface area contributed by atoms with Gasteiger partial charge in [0.05, 0.1) is 12.2 Å². The van der Waals surface area contributed by atoms with Crippen molar-refractivity contribution in [1.82, 2.24) is 0 Å². The molecule has 3 nitrogen and oxygen atoms in total. The molecule has 0 N–H and O–H groups in total. The summed E-state index contributed by atoms with van der Waals surface area (Å²) < 4.78 is 10.8. The van der Waals surface area contributed by atoms with Crippen LogP contribution in [0.4, 0.5) is 0 Å². The van der Waals surface area contributed by atoms with E-state index < -0.39 is 5.97 Å². The van der Waals surface area contributed by atoms with E-state index in [4.69, 9.17) is 9.47 Å². The summed E-state index contributed by atoms with van der Waals surface area (Å²) in [7, 11) is 0. The van der Waals surface area contributed by atoms with Gasteiger partial charge in [-0.05, 0) is 12.5 Å². The zero-order valence-corrected chi connectivity index (χ0v) is 9.84. The van der Waals surface area contributed by atoms with Gasteiger partial charge in [-0.1, -0.05) is 36.9 Å². The Morgan fingerprint density at radius 2 is 2.18 bits per heavy atom. The Bertz CT molecular complexity index is 393. The molecule has 90 valence electrons. The number of carbonyl (C=O) groups excluding carboxylic acids is 1. The standard InChI is InChI=1S/C14H16O3/c1-3-14(15)16-10(2)12-9-13(17-12)11-7-5-4-6-8-11/h3-8,10,12-13H,1,9H2,2H3. The van der Waals surface area contributed by atoms with Gasteiger partial charge < -0.3 is 9.47 Å². The summed E-state index contributed by atoms with van der Waals surface area (Å²) in [6, 6.07) is 10.1. The highest BCUT2D eigenvalue weighted by atomic mass is 16.6. The molecule has 1 aliphatic rings. The van der Waals surface area contributed by atoms with Crippen molar-refractivity contribution in [2.45, 2.75) is 31.7 Å². The Morgan fingerprint density at radius 3 is 2.76 bits per heavy atom. The lowest BCUT2D eigenvalue weighted by atomic mass is 9.95. The van der Waals surface area contributed by atoms with E-state index in [2.05, 4.69) is 6.58 Å². The second kappa shape index (κ2) is 5.15. The van der Waals surface area contributed by atoms with Gasteiger partial charge in [0, 0.05) is 12.5 Å². The molecule has 1 aromatic rings. The number of carbonyl (C=O) groups is 1. The van der Waals surface area contributed by atoms with Crippen LogP contribution in [-0.4, -0.2) is 18.2 Å². The molecule has 17 heavy (non-hydrogen) atoms. The average molecular weight is 232 g/mol. The molecule has 2 rings (SSSR count). The molecule has 0 radical (unpaired) electrons. The summed E-state index contributed by atoms with van der Waals surface area (Å²) in [5.74, 6) is -0.399. The van der Waals surface area contributed by atoms with Crippen LogP contribution >= 0.6 is 0 Å². The van der Waals surface area contributed by atoms with Crippen LogP contribution in [0.3, 0.4) is 0 Å². The predicted octanol–water partition coefficient (Wildman–Crippen LogP) is 2.63. The molecule has 0 amide bonds. The highest BCUT2D eigenvalue weighted by Crippen LogP contribution is 2.37. The van der Waals surface area contributed by atoms with Crippen molar-refractivity contribution in [3.05, 3.63) is 48.6 Å². The molecule has 3 heteroatoms. The molecule has 0 aromatic heterocycles. The van der Waals surface area contributed by atoms with E-state index in [1.54, 1.807) is 0 Å². The number of benzene rings is 1. The minimum absolute atomic E-state index is 0.0101. The predicted molar refractivity (Wildman–Crippen MR) is 64.4 cm³/mol. The van der Waals surface area contributed by atoms with Crippen molar-refractivity contribution in [2.24, 2.45) is 0 Å². The molecule has 1 aliphatic heterocycles. The van der Waals surface area contributed by atoms with Crippen LogP contribution in [0.15, 0.2) is 43.0 Å². The first-order valence-corrected chi connectivity index (χ1v) is 5.74. The quantitative estimate of drug-likeness (QED) is 0.591. The summed E-state index contributed by atoms with van der Waals surface area (Å²) in [5, 5.41) is 0. The maximum absolute atomic E-state index is 11.0. The molecular weight excluding hydrogens is 216 g/mol. The average Bonchev–Trinajstić information content (AvgIpc) is 2.28. The Balaban J connectivity index is 1.83. The Hall–Kier alpha value is -1.61. The maximum atomic E-state index is 11.0. The Labute approximate surface area is 101 Å². The van der Waals surface area contributed by atoms with Crippen molar-refractivity contribution in [3.8, 4) is 0 Å². The molecule has 1 heterocycles. The minimum Gasteiger partial charge on any atom is -0.457 e. The zero-order valence-electron chi connectivity index (χ0n) is 9.84. The second-order valence-corrected chi connectivity index (χ2v) is 4.16. The van der Waals surface area contributed by atoms with E-state index in [-0.39, 0.29) is 18.3 Å². The summed E-state index contributed by atoms with van der Waals surface area (Å²) >= 11 is 0. The summed E-state index contributed by atoms with van der Waals surface area (Å²) in [6.45, 7) is 5.20. The van der Waals surface area contributed by atoms with E-state index in [1.165, 1.54) is 11.6 Å². The molecule has 1 fully saturated rings. The maximum Gasteiger partial charge on any atom is 0.330 e. The molecule has 3 unspecified atom stereocenters. The molecule has 1 saturated heterocycles. The second-order valence-electron chi connectivity index (χ2n) is 4.16. The van der Waals surface area contributed by atoms with Gasteiger partial charge >= 0.3 is 5.97 Å². The van der Waals surface area contributed by atoms with Crippen molar-refractivity contribution < 1.29 is 14.3 Å². The van der Waals surface area contributed by atoms with Gasteiger partial charge in [0.1, 0.15) is 6.10 Å². The van der Waals surface area contributed by atoms with E-state index in [0.717, 1.165) is 6.42 Å². The van der Waals surface area contributed by atoms with Crippen LogP contribution in [0.25, 0.3) is 0 Å². The largest absolute Gasteiger partial charge is 0.457 e. The van der Waals surface area contributed by atoms with Gasteiger partial charge in [-0.3, -0.25) is 0 Å². The summed E-state index contributed by atoms with van der Waals surface area (Å²) in [5.41, 5.74) is 1.17. The van der Waals surface area contributed by atoms with Crippen molar-refractivity contribution in [2.75, 3.05) is 0 Å². The monoisotopic (exact) mass is 232 g/mol. The van der Waals surface area contributed by atoms with Gasteiger partial charge in [0.25, 0.3) is 0 Å². The number of ether oxygens (including phenoxy) is 2. The normalized spacial score (nSPS) is 24.5.